The third kappa shape index (κ3) is 15.4. The van der Waals surface area contributed by atoms with Gasteiger partial charge in [-0.05, 0) is 25.8 Å². The average molecular weight is 695 g/mol. The van der Waals surface area contributed by atoms with Crippen LogP contribution in [-0.4, -0.2) is 142 Å². The lowest BCUT2D eigenvalue weighted by Crippen LogP contribution is -2.65. The summed E-state index contributed by atoms with van der Waals surface area (Å²) in [5, 5.41) is 5.30. The number of hydrogen-bond acceptors (Lipinski definition) is 12. The zero-order chi connectivity index (χ0) is 37.0. The molecule has 0 spiro atoms. The van der Waals surface area contributed by atoms with Gasteiger partial charge in [0.25, 0.3) is 0 Å². The Labute approximate surface area is 289 Å². The molecule has 0 aromatic rings. The lowest BCUT2D eigenvalue weighted by Gasteiger charge is -2.49. The number of nitrogens with one attached hydrogen (secondary N) is 2. The molecule has 48 heavy (non-hydrogen) atoms. The number of carbonyl (C=O) groups excluding carboxylic acids is 2. The summed E-state index contributed by atoms with van der Waals surface area (Å²) in [6, 6.07) is 0. The number of ether oxygens (including phenoxy) is 10. The van der Waals surface area contributed by atoms with Crippen molar-refractivity contribution in [1.82, 2.24) is 10.6 Å². The molecule has 2 aliphatic heterocycles. The van der Waals surface area contributed by atoms with Gasteiger partial charge < -0.3 is 58.0 Å². The maximum Gasteiger partial charge on any atom is 0.245 e. The largest absolute Gasteiger partial charge is 0.382 e. The lowest BCUT2D eigenvalue weighted by molar-refractivity contribution is -0.351. The van der Waals surface area contributed by atoms with Gasteiger partial charge in [0.15, 0.2) is 6.29 Å². The fourth-order valence-electron chi connectivity index (χ4n) is 5.03. The van der Waals surface area contributed by atoms with E-state index < -0.39 is 49.0 Å². The second kappa shape index (κ2) is 24.4. The molecule has 2 amide bonds. The van der Waals surface area contributed by atoms with Gasteiger partial charge in [-0.25, -0.2) is 0 Å². The highest BCUT2D eigenvalue weighted by Gasteiger charge is 2.52. The van der Waals surface area contributed by atoms with E-state index in [0.29, 0.717) is 0 Å². The van der Waals surface area contributed by atoms with Crippen molar-refractivity contribution in [1.29, 1.82) is 0 Å². The van der Waals surface area contributed by atoms with E-state index in [-0.39, 0.29) is 49.4 Å². The van der Waals surface area contributed by atoms with E-state index in [9.17, 15) is 9.59 Å². The summed E-state index contributed by atoms with van der Waals surface area (Å²) < 4.78 is 58.4. The summed E-state index contributed by atoms with van der Waals surface area (Å²) >= 11 is 0. The Morgan fingerprint density at radius 1 is 0.771 bits per heavy atom. The smallest absolute Gasteiger partial charge is 0.245 e. The Balaban J connectivity index is 0.00000143. The number of amides is 2. The first-order valence-corrected chi connectivity index (χ1v) is 16.5. The van der Waals surface area contributed by atoms with Crippen molar-refractivity contribution in [3.63, 3.8) is 0 Å². The normalized spacial score (nSPS) is 30.3. The zero-order valence-electron chi connectivity index (χ0n) is 31.9. The van der Waals surface area contributed by atoms with Crippen LogP contribution in [0, 0.1) is 11.3 Å². The van der Waals surface area contributed by atoms with Crippen molar-refractivity contribution in [2.24, 2.45) is 11.3 Å². The van der Waals surface area contributed by atoms with Crippen molar-refractivity contribution in [2.45, 2.75) is 117 Å². The highest BCUT2D eigenvalue weighted by molar-refractivity contribution is 5.86. The van der Waals surface area contributed by atoms with Crippen LogP contribution in [0.1, 0.15) is 55.4 Å². The molecule has 10 atom stereocenters. The van der Waals surface area contributed by atoms with Gasteiger partial charge in [0.1, 0.15) is 55.6 Å². The summed E-state index contributed by atoms with van der Waals surface area (Å²) in [5.74, 6) is 0.604. The Kier molecular flexibility index (Phi) is 23.6. The number of methoxy groups -OCH3 is 6. The first-order chi connectivity index (χ1) is 22.6. The van der Waals surface area contributed by atoms with Crippen molar-refractivity contribution < 1.29 is 57.0 Å². The van der Waals surface area contributed by atoms with Crippen molar-refractivity contribution in [2.75, 3.05) is 69.1 Å². The Hall–Kier alpha value is -1.72. The SMILES string of the molecule is C=CC(=O)NCOCC1OC(OC2C(COC)OC(C)C(OC)C2OC)C(OC)C(OC)C1OC.CC(C)C.CCNC(=O)C(C)(C)C. The minimum Gasteiger partial charge on any atom is -0.382 e. The molecule has 2 fully saturated rings. The van der Waals surface area contributed by atoms with Crippen LogP contribution in [0.5, 0.6) is 0 Å². The maximum atomic E-state index is 11.4. The Morgan fingerprint density at radius 3 is 1.69 bits per heavy atom. The lowest BCUT2D eigenvalue weighted by atomic mass is 9.94. The first kappa shape index (κ1) is 46.3. The van der Waals surface area contributed by atoms with Gasteiger partial charge in [0.2, 0.25) is 11.8 Å². The molecule has 14 heteroatoms. The molecule has 0 aromatic heterocycles. The van der Waals surface area contributed by atoms with Crippen LogP contribution < -0.4 is 10.6 Å². The second-order valence-corrected chi connectivity index (χ2v) is 13.1. The van der Waals surface area contributed by atoms with Gasteiger partial charge in [-0.15, -0.1) is 0 Å². The van der Waals surface area contributed by atoms with Crippen molar-refractivity contribution >= 4 is 11.8 Å². The van der Waals surface area contributed by atoms with Gasteiger partial charge in [-0.2, -0.15) is 0 Å². The topological polar surface area (TPSA) is 151 Å². The summed E-state index contributed by atoms with van der Waals surface area (Å²) in [6.45, 7) is 20.5. The van der Waals surface area contributed by atoms with Gasteiger partial charge in [0.05, 0.1) is 19.3 Å². The molecule has 2 saturated heterocycles. The Bertz CT molecular complexity index is 884. The predicted octanol–water partition coefficient (Wildman–Crippen LogP) is 2.71. The number of rotatable bonds is 15. The van der Waals surface area contributed by atoms with Gasteiger partial charge in [-0.3, -0.25) is 9.59 Å². The molecule has 0 bridgehead atoms. The third-order valence-electron chi connectivity index (χ3n) is 7.27. The van der Waals surface area contributed by atoms with Crippen LogP contribution in [-0.2, 0) is 57.0 Å². The molecular formula is C34H66N2O12. The molecule has 14 nitrogen and oxygen atoms in total. The van der Waals surface area contributed by atoms with Crippen LogP contribution in [0.25, 0.3) is 0 Å². The molecular weight excluding hydrogens is 628 g/mol. The Morgan fingerprint density at radius 2 is 1.27 bits per heavy atom. The van der Waals surface area contributed by atoms with Crippen LogP contribution in [0.4, 0.5) is 0 Å². The van der Waals surface area contributed by atoms with Crippen molar-refractivity contribution in [3.05, 3.63) is 12.7 Å². The molecule has 0 radical (unpaired) electrons. The van der Waals surface area contributed by atoms with E-state index >= 15 is 0 Å². The van der Waals surface area contributed by atoms with Crippen LogP contribution in [0.15, 0.2) is 12.7 Å². The van der Waals surface area contributed by atoms with E-state index in [1.54, 1.807) is 42.7 Å². The summed E-state index contributed by atoms with van der Waals surface area (Å²) in [6.07, 6.45) is -4.15. The number of carbonyl (C=O) groups is 2. The molecule has 2 N–H and O–H groups in total. The average Bonchev–Trinajstić information content (AvgIpc) is 3.03. The van der Waals surface area contributed by atoms with Crippen LogP contribution in [0.2, 0.25) is 0 Å². The molecule has 2 aliphatic rings. The molecule has 284 valence electrons. The molecule has 0 aliphatic carbocycles. The van der Waals surface area contributed by atoms with E-state index in [4.69, 9.17) is 47.4 Å². The maximum absolute atomic E-state index is 11.4. The quantitative estimate of drug-likeness (QED) is 0.147. The van der Waals surface area contributed by atoms with E-state index in [2.05, 4.69) is 38.0 Å². The molecule has 10 unspecified atom stereocenters. The highest BCUT2D eigenvalue weighted by Crippen LogP contribution is 2.33. The van der Waals surface area contributed by atoms with Crippen molar-refractivity contribution in [3.8, 4) is 0 Å². The molecule has 2 rings (SSSR count). The first-order valence-electron chi connectivity index (χ1n) is 16.5. The minimum absolute atomic E-state index is 0.0242. The second-order valence-electron chi connectivity index (χ2n) is 13.1. The van der Waals surface area contributed by atoms with Gasteiger partial charge in [-0.1, -0.05) is 48.1 Å². The number of hydrogen-bond donors (Lipinski definition) is 2. The molecule has 0 aromatic carbocycles. The molecule has 2 heterocycles. The fourth-order valence-corrected chi connectivity index (χ4v) is 5.03. The van der Waals surface area contributed by atoms with E-state index in [0.717, 1.165) is 18.5 Å². The van der Waals surface area contributed by atoms with Gasteiger partial charge in [0, 0.05) is 54.6 Å². The van der Waals surface area contributed by atoms with Crippen LogP contribution in [0.3, 0.4) is 0 Å². The van der Waals surface area contributed by atoms with E-state index in [1.165, 1.54) is 0 Å². The summed E-state index contributed by atoms with van der Waals surface area (Å²) in [5.41, 5.74) is -0.240. The summed E-state index contributed by atoms with van der Waals surface area (Å²) in [7, 11) is 9.44. The zero-order valence-corrected chi connectivity index (χ0v) is 31.9. The van der Waals surface area contributed by atoms with E-state index in [1.807, 2.05) is 34.6 Å². The van der Waals surface area contributed by atoms with Gasteiger partial charge >= 0.3 is 0 Å². The summed E-state index contributed by atoms with van der Waals surface area (Å²) in [4.78, 5) is 22.3. The minimum atomic E-state index is -0.885. The molecule has 0 saturated carbocycles. The predicted molar refractivity (Wildman–Crippen MR) is 182 cm³/mol. The fraction of sp³-hybridized carbons (Fsp3) is 0.882. The monoisotopic (exact) mass is 694 g/mol. The highest BCUT2D eigenvalue weighted by atomic mass is 16.7. The van der Waals surface area contributed by atoms with Crippen LogP contribution >= 0.6 is 0 Å². The third-order valence-corrected chi connectivity index (χ3v) is 7.27. The standard InChI is InChI=1S/C23H41NO11.C7H15NO.C4H10/c1-9-16(25)24-12-32-11-15-18(28-5)21(30-7)22(31-8)23(34-15)35-19-14(10-26-3)33-13(2)17(27-4)20(19)29-6;1-5-8-6(9)7(2,3)4;1-4(2)3/h9,13-15,17-23H,1,10-12H2,2-8H3,(H,24,25);5H2,1-4H3,(H,8,9);4H,1-3H3.